The van der Waals surface area contributed by atoms with Crippen molar-refractivity contribution in [1.29, 1.82) is 0 Å². The van der Waals surface area contributed by atoms with Crippen LogP contribution in [0.2, 0.25) is 0 Å². The molecule has 1 aliphatic carbocycles. The van der Waals surface area contributed by atoms with Gasteiger partial charge in [-0.3, -0.25) is 0 Å². The number of hydrogen-bond donors (Lipinski definition) is 0. The summed E-state index contributed by atoms with van der Waals surface area (Å²) in [5.74, 6) is 0.944. The van der Waals surface area contributed by atoms with Crippen LogP contribution in [0, 0.1) is 0 Å². The molecule has 3 rings (SSSR count). The smallest absolute Gasteiger partial charge is 0.180 e. The van der Waals surface area contributed by atoms with Crippen molar-refractivity contribution in [3.63, 3.8) is 0 Å². The van der Waals surface area contributed by atoms with Gasteiger partial charge >= 0.3 is 0 Å². The zero-order valence-corrected chi connectivity index (χ0v) is 11.9. The molecule has 2 aromatic rings. The van der Waals surface area contributed by atoms with Gasteiger partial charge in [0, 0.05) is 6.42 Å². The van der Waals surface area contributed by atoms with E-state index in [2.05, 4.69) is 43.1 Å². The first-order chi connectivity index (χ1) is 9.20. The highest BCUT2D eigenvalue weighted by atomic mass is 16.3. The molecular formula is C17H21NO. The van der Waals surface area contributed by atoms with Crippen molar-refractivity contribution in [2.45, 2.75) is 40.0 Å². The summed E-state index contributed by atoms with van der Waals surface area (Å²) in [6, 6.07) is 8.75. The topological polar surface area (TPSA) is 26.0 Å². The second kappa shape index (κ2) is 6.37. The lowest BCUT2D eigenvalue weighted by Gasteiger charge is -2.18. The molecule has 0 saturated carbocycles. The number of allylic oxidation sites excluding steroid dienone is 2. The summed E-state index contributed by atoms with van der Waals surface area (Å²) in [5.41, 5.74) is 6.13. The van der Waals surface area contributed by atoms with Crippen LogP contribution < -0.4 is 0 Å². The third-order valence-electron chi connectivity index (χ3n) is 3.59. The maximum atomic E-state index is 4.87. The number of nitrogens with zero attached hydrogens (tertiary/aromatic N) is 1. The molecule has 0 bridgehead atoms. The monoisotopic (exact) mass is 255 g/mol. The van der Waals surface area contributed by atoms with Crippen LogP contribution in [-0.4, -0.2) is 4.98 Å². The van der Waals surface area contributed by atoms with Crippen LogP contribution in [0.5, 0.6) is 0 Å². The van der Waals surface area contributed by atoms with Crippen molar-refractivity contribution in [3.05, 3.63) is 64.9 Å². The molecule has 0 fully saturated rings. The van der Waals surface area contributed by atoms with E-state index in [4.69, 9.17) is 4.42 Å². The SMILES string of the molecule is CC1=C(C)Cc2ccccc2C1.CCc1cnco1. The highest BCUT2D eigenvalue weighted by molar-refractivity contribution is 5.39. The minimum atomic E-state index is 0.931. The van der Waals surface area contributed by atoms with Crippen molar-refractivity contribution in [3.8, 4) is 0 Å². The van der Waals surface area contributed by atoms with Gasteiger partial charge in [0.05, 0.1) is 6.20 Å². The van der Waals surface area contributed by atoms with Crippen LogP contribution in [0.4, 0.5) is 0 Å². The van der Waals surface area contributed by atoms with E-state index in [1.807, 2.05) is 6.92 Å². The number of fused-ring (bicyclic) bond motifs is 1. The molecular weight excluding hydrogens is 234 g/mol. The van der Waals surface area contributed by atoms with E-state index in [0.29, 0.717) is 0 Å². The lowest BCUT2D eigenvalue weighted by Crippen LogP contribution is -2.04. The van der Waals surface area contributed by atoms with Gasteiger partial charge in [-0.05, 0) is 37.8 Å². The zero-order valence-electron chi connectivity index (χ0n) is 11.9. The van der Waals surface area contributed by atoms with Crippen molar-refractivity contribution in [2.24, 2.45) is 0 Å². The summed E-state index contributed by atoms with van der Waals surface area (Å²) in [6.07, 6.45) is 6.41. The summed E-state index contributed by atoms with van der Waals surface area (Å²) in [6.45, 7) is 6.51. The van der Waals surface area contributed by atoms with E-state index in [1.165, 1.54) is 17.5 Å². The standard InChI is InChI=1S/C12H14.C5H7NO/c1-9-7-11-5-3-4-6-12(11)8-10(9)2;1-2-5-3-6-4-7-5/h3-6H,7-8H2,1-2H3;3-4H,2H2,1H3. The molecule has 1 heterocycles. The van der Waals surface area contributed by atoms with Crippen LogP contribution in [-0.2, 0) is 19.3 Å². The predicted octanol–water partition coefficient (Wildman–Crippen LogP) is 4.36. The van der Waals surface area contributed by atoms with Gasteiger partial charge in [-0.15, -0.1) is 0 Å². The van der Waals surface area contributed by atoms with Crippen LogP contribution in [0.1, 0.15) is 37.7 Å². The average molecular weight is 255 g/mol. The first-order valence-corrected chi connectivity index (χ1v) is 6.80. The Morgan fingerprint density at radius 1 is 1.05 bits per heavy atom. The molecule has 1 aromatic heterocycles. The quantitative estimate of drug-likeness (QED) is 0.708. The van der Waals surface area contributed by atoms with E-state index >= 15 is 0 Å². The second-order valence-electron chi connectivity index (χ2n) is 5.00. The maximum Gasteiger partial charge on any atom is 0.180 e. The van der Waals surface area contributed by atoms with E-state index < -0.39 is 0 Å². The first kappa shape index (κ1) is 13.6. The number of rotatable bonds is 1. The lowest BCUT2D eigenvalue weighted by atomic mass is 9.88. The molecule has 2 heteroatoms. The molecule has 0 aliphatic heterocycles. The van der Waals surface area contributed by atoms with Crippen molar-refractivity contribution < 1.29 is 4.42 Å². The fraction of sp³-hybridized carbons (Fsp3) is 0.353. The van der Waals surface area contributed by atoms with E-state index in [-0.39, 0.29) is 0 Å². The van der Waals surface area contributed by atoms with Gasteiger partial charge in [0.1, 0.15) is 5.76 Å². The third-order valence-corrected chi connectivity index (χ3v) is 3.59. The molecule has 0 unspecified atom stereocenters. The van der Waals surface area contributed by atoms with Gasteiger partial charge in [-0.1, -0.05) is 42.3 Å². The number of benzene rings is 1. The van der Waals surface area contributed by atoms with Crippen LogP contribution in [0.15, 0.2) is 52.4 Å². The Labute approximate surface area is 115 Å². The molecule has 0 amide bonds. The van der Waals surface area contributed by atoms with Gasteiger partial charge in [0.15, 0.2) is 6.39 Å². The van der Waals surface area contributed by atoms with Crippen molar-refractivity contribution >= 4 is 0 Å². The van der Waals surface area contributed by atoms with Crippen molar-refractivity contribution in [1.82, 2.24) is 4.98 Å². The number of hydrogen-bond acceptors (Lipinski definition) is 2. The Kier molecular flexibility index (Phi) is 4.56. The van der Waals surface area contributed by atoms with E-state index in [9.17, 15) is 0 Å². The van der Waals surface area contributed by atoms with Gasteiger partial charge in [-0.2, -0.15) is 0 Å². The molecule has 2 nitrogen and oxygen atoms in total. The number of aryl methyl sites for hydroxylation is 1. The minimum absolute atomic E-state index is 0.931. The summed E-state index contributed by atoms with van der Waals surface area (Å²) in [7, 11) is 0. The fourth-order valence-electron chi connectivity index (χ4n) is 2.19. The number of aromatic nitrogens is 1. The van der Waals surface area contributed by atoms with Gasteiger partial charge in [0.25, 0.3) is 0 Å². The molecule has 0 atom stereocenters. The second-order valence-corrected chi connectivity index (χ2v) is 5.00. The van der Waals surface area contributed by atoms with Crippen LogP contribution >= 0.6 is 0 Å². The van der Waals surface area contributed by atoms with Crippen molar-refractivity contribution in [2.75, 3.05) is 0 Å². The average Bonchev–Trinajstić information content (AvgIpc) is 2.94. The molecule has 0 spiro atoms. The molecule has 1 aromatic carbocycles. The molecule has 0 radical (unpaired) electrons. The van der Waals surface area contributed by atoms with Crippen LogP contribution in [0.25, 0.3) is 0 Å². The van der Waals surface area contributed by atoms with Gasteiger partial charge in [-0.25, -0.2) is 4.98 Å². The summed E-state index contributed by atoms with van der Waals surface area (Å²) >= 11 is 0. The normalized spacial score (nSPS) is 13.6. The molecule has 1 aliphatic rings. The molecule has 0 saturated heterocycles. The Hall–Kier alpha value is -1.83. The fourth-order valence-corrected chi connectivity index (χ4v) is 2.19. The largest absolute Gasteiger partial charge is 0.449 e. The molecule has 100 valence electrons. The highest BCUT2D eigenvalue weighted by Crippen LogP contribution is 2.24. The Balaban J connectivity index is 0.000000163. The maximum absolute atomic E-state index is 4.87. The molecule has 19 heavy (non-hydrogen) atoms. The Morgan fingerprint density at radius 2 is 1.63 bits per heavy atom. The van der Waals surface area contributed by atoms with Gasteiger partial charge < -0.3 is 4.42 Å². The highest BCUT2D eigenvalue weighted by Gasteiger charge is 2.10. The molecule has 0 N–H and O–H groups in total. The summed E-state index contributed by atoms with van der Waals surface area (Å²) in [5, 5.41) is 0. The Morgan fingerprint density at radius 3 is 2.00 bits per heavy atom. The predicted molar refractivity (Wildman–Crippen MR) is 78.1 cm³/mol. The lowest BCUT2D eigenvalue weighted by molar-refractivity contribution is 0.510. The minimum Gasteiger partial charge on any atom is -0.449 e. The van der Waals surface area contributed by atoms with E-state index in [1.54, 1.807) is 17.3 Å². The third kappa shape index (κ3) is 3.57. The number of oxazole rings is 1. The van der Waals surface area contributed by atoms with Crippen LogP contribution in [0.3, 0.4) is 0 Å². The Bertz CT molecular complexity index is 519. The summed E-state index contributed by atoms with van der Waals surface area (Å²) in [4.78, 5) is 3.73. The zero-order chi connectivity index (χ0) is 13.7. The summed E-state index contributed by atoms with van der Waals surface area (Å²) < 4.78 is 4.87. The van der Waals surface area contributed by atoms with Gasteiger partial charge in [0.2, 0.25) is 0 Å². The first-order valence-electron chi connectivity index (χ1n) is 6.80. The van der Waals surface area contributed by atoms with E-state index in [0.717, 1.165) is 25.0 Å².